The first-order chi connectivity index (χ1) is 12.1. The molecule has 134 valence electrons. The first-order valence-corrected chi connectivity index (χ1v) is 8.93. The van der Waals surface area contributed by atoms with Crippen LogP contribution >= 0.6 is 0 Å². The number of nitrogens with one attached hydrogen (secondary N) is 1. The largest absolute Gasteiger partial charge is 0.350 e. The van der Waals surface area contributed by atoms with Crippen LogP contribution in [0.1, 0.15) is 48.8 Å². The standard InChI is InChI=1S/C18H26N6O/c1-14(2)9-20-18(25)17-13-24(22-21-17)16-6-4-8-23(12-16)11-15-5-3-7-19-10-15/h3,5,7,10,13-14,16H,4,6,8-9,11-12H2,1-2H3,(H,20,25). The highest BCUT2D eigenvalue weighted by Gasteiger charge is 2.23. The summed E-state index contributed by atoms with van der Waals surface area (Å²) in [5.74, 6) is 0.265. The van der Waals surface area contributed by atoms with E-state index in [0.717, 1.165) is 32.5 Å². The van der Waals surface area contributed by atoms with Crippen LogP contribution in [0.3, 0.4) is 0 Å². The summed E-state index contributed by atoms with van der Waals surface area (Å²) in [5, 5.41) is 11.1. The lowest BCUT2D eigenvalue weighted by molar-refractivity contribution is 0.0944. The van der Waals surface area contributed by atoms with Gasteiger partial charge in [0.05, 0.1) is 12.2 Å². The molecule has 1 aliphatic heterocycles. The molecule has 1 amide bonds. The molecule has 1 N–H and O–H groups in total. The monoisotopic (exact) mass is 342 g/mol. The SMILES string of the molecule is CC(C)CNC(=O)c1cn(C2CCCN(Cc3cccnc3)C2)nn1. The normalized spacial score (nSPS) is 18.4. The number of carbonyl (C=O) groups is 1. The summed E-state index contributed by atoms with van der Waals surface area (Å²) in [5.41, 5.74) is 1.61. The van der Waals surface area contributed by atoms with Gasteiger partial charge in [-0.25, -0.2) is 4.68 Å². The molecule has 1 atom stereocenters. The van der Waals surface area contributed by atoms with E-state index in [-0.39, 0.29) is 11.9 Å². The Morgan fingerprint density at radius 2 is 2.32 bits per heavy atom. The molecule has 25 heavy (non-hydrogen) atoms. The number of amides is 1. The number of aromatic nitrogens is 4. The predicted molar refractivity (Wildman–Crippen MR) is 95.0 cm³/mol. The van der Waals surface area contributed by atoms with E-state index in [0.29, 0.717) is 18.2 Å². The van der Waals surface area contributed by atoms with Crippen LogP contribution in [0.5, 0.6) is 0 Å². The fourth-order valence-corrected chi connectivity index (χ4v) is 3.09. The molecule has 1 aliphatic rings. The van der Waals surface area contributed by atoms with Gasteiger partial charge in [0, 0.05) is 32.0 Å². The summed E-state index contributed by atoms with van der Waals surface area (Å²) >= 11 is 0. The van der Waals surface area contributed by atoms with Crippen molar-refractivity contribution in [1.29, 1.82) is 0 Å². The number of hydrogen-bond acceptors (Lipinski definition) is 5. The summed E-state index contributed by atoms with van der Waals surface area (Å²) in [6.07, 6.45) is 7.65. The Labute approximate surface area is 148 Å². The van der Waals surface area contributed by atoms with E-state index < -0.39 is 0 Å². The van der Waals surface area contributed by atoms with Gasteiger partial charge < -0.3 is 5.32 Å². The van der Waals surface area contributed by atoms with Crippen molar-refractivity contribution in [2.75, 3.05) is 19.6 Å². The lowest BCUT2D eigenvalue weighted by Gasteiger charge is -2.32. The van der Waals surface area contributed by atoms with Crippen molar-refractivity contribution in [3.8, 4) is 0 Å². The Morgan fingerprint density at radius 3 is 3.08 bits per heavy atom. The second-order valence-corrected chi connectivity index (χ2v) is 7.08. The number of likely N-dealkylation sites (tertiary alicyclic amines) is 1. The van der Waals surface area contributed by atoms with E-state index >= 15 is 0 Å². The van der Waals surface area contributed by atoms with Crippen molar-refractivity contribution >= 4 is 5.91 Å². The van der Waals surface area contributed by atoms with Crippen molar-refractivity contribution in [3.05, 3.63) is 42.0 Å². The molecular weight excluding hydrogens is 316 g/mol. The molecular formula is C18H26N6O. The molecule has 1 unspecified atom stereocenters. The molecule has 0 radical (unpaired) electrons. The van der Waals surface area contributed by atoms with Crippen molar-refractivity contribution in [3.63, 3.8) is 0 Å². The minimum absolute atomic E-state index is 0.150. The second-order valence-electron chi connectivity index (χ2n) is 7.08. The zero-order valence-electron chi connectivity index (χ0n) is 14.9. The van der Waals surface area contributed by atoms with Crippen LogP contribution in [0, 0.1) is 5.92 Å². The van der Waals surface area contributed by atoms with E-state index in [1.54, 1.807) is 12.4 Å². The van der Waals surface area contributed by atoms with Crippen LogP contribution in [0.2, 0.25) is 0 Å². The minimum Gasteiger partial charge on any atom is -0.350 e. The zero-order valence-corrected chi connectivity index (χ0v) is 14.9. The van der Waals surface area contributed by atoms with Gasteiger partial charge in [0.2, 0.25) is 0 Å². The van der Waals surface area contributed by atoms with Gasteiger partial charge in [0.15, 0.2) is 5.69 Å². The van der Waals surface area contributed by atoms with Crippen molar-refractivity contribution in [2.45, 2.75) is 39.3 Å². The number of carbonyl (C=O) groups excluding carboxylic acids is 1. The lowest BCUT2D eigenvalue weighted by Crippen LogP contribution is -2.36. The van der Waals surface area contributed by atoms with Crippen LogP contribution in [0.4, 0.5) is 0 Å². The summed E-state index contributed by atoms with van der Waals surface area (Å²) in [4.78, 5) is 18.7. The highest BCUT2D eigenvalue weighted by Crippen LogP contribution is 2.22. The fraction of sp³-hybridized carbons (Fsp3) is 0.556. The summed E-state index contributed by atoms with van der Waals surface area (Å²) in [6, 6.07) is 4.32. The Bertz CT molecular complexity index is 684. The molecule has 7 heteroatoms. The van der Waals surface area contributed by atoms with Gasteiger partial charge in [-0.1, -0.05) is 25.1 Å². The number of rotatable bonds is 6. The maximum Gasteiger partial charge on any atom is 0.273 e. The Morgan fingerprint density at radius 1 is 1.44 bits per heavy atom. The second kappa shape index (κ2) is 8.20. The molecule has 2 aromatic rings. The number of pyridine rings is 1. The van der Waals surface area contributed by atoms with E-state index in [2.05, 4.69) is 45.4 Å². The van der Waals surface area contributed by atoms with Crippen LogP contribution in [0.25, 0.3) is 0 Å². The van der Waals surface area contributed by atoms with Crippen LogP contribution in [-0.2, 0) is 6.54 Å². The number of hydrogen-bond donors (Lipinski definition) is 1. The summed E-state index contributed by atoms with van der Waals surface area (Å²) in [6.45, 7) is 7.65. The molecule has 0 aliphatic carbocycles. The first-order valence-electron chi connectivity index (χ1n) is 8.93. The van der Waals surface area contributed by atoms with Crippen molar-refractivity contribution in [1.82, 2.24) is 30.2 Å². The van der Waals surface area contributed by atoms with Crippen molar-refractivity contribution in [2.24, 2.45) is 5.92 Å². The predicted octanol–water partition coefficient (Wildman–Crippen LogP) is 1.90. The van der Waals surface area contributed by atoms with E-state index in [9.17, 15) is 4.79 Å². The third-order valence-electron chi connectivity index (χ3n) is 4.40. The molecule has 3 heterocycles. The van der Waals surface area contributed by atoms with E-state index in [4.69, 9.17) is 0 Å². The van der Waals surface area contributed by atoms with Gasteiger partial charge in [-0.2, -0.15) is 0 Å². The van der Waals surface area contributed by atoms with Gasteiger partial charge in [0.25, 0.3) is 5.91 Å². The molecule has 1 saturated heterocycles. The summed E-state index contributed by atoms with van der Waals surface area (Å²) in [7, 11) is 0. The van der Waals surface area contributed by atoms with E-state index in [1.807, 2.05) is 16.9 Å². The highest BCUT2D eigenvalue weighted by molar-refractivity contribution is 5.91. The van der Waals surface area contributed by atoms with Gasteiger partial charge >= 0.3 is 0 Å². The topological polar surface area (TPSA) is 75.9 Å². The Balaban J connectivity index is 1.59. The Kier molecular flexibility index (Phi) is 5.75. The molecule has 0 spiro atoms. The van der Waals surface area contributed by atoms with Gasteiger partial charge in [-0.05, 0) is 36.9 Å². The average molecular weight is 342 g/mol. The van der Waals surface area contributed by atoms with E-state index in [1.165, 1.54) is 5.56 Å². The fourth-order valence-electron chi connectivity index (χ4n) is 3.09. The van der Waals surface area contributed by atoms with Crippen molar-refractivity contribution < 1.29 is 4.79 Å². The minimum atomic E-state index is -0.150. The third kappa shape index (κ3) is 4.85. The van der Waals surface area contributed by atoms with Crippen LogP contribution < -0.4 is 5.32 Å². The molecule has 0 aromatic carbocycles. The highest BCUT2D eigenvalue weighted by atomic mass is 16.2. The number of nitrogens with zero attached hydrogens (tertiary/aromatic N) is 5. The average Bonchev–Trinajstić information content (AvgIpc) is 3.11. The van der Waals surface area contributed by atoms with Crippen LogP contribution in [-0.4, -0.2) is 50.4 Å². The third-order valence-corrected chi connectivity index (χ3v) is 4.40. The lowest BCUT2D eigenvalue weighted by atomic mass is 10.1. The molecule has 3 rings (SSSR count). The molecule has 1 fully saturated rings. The maximum atomic E-state index is 12.1. The smallest absolute Gasteiger partial charge is 0.273 e. The Hall–Kier alpha value is -2.28. The molecule has 2 aromatic heterocycles. The quantitative estimate of drug-likeness (QED) is 0.868. The maximum absolute atomic E-state index is 12.1. The van der Waals surface area contributed by atoms with Gasteiger partial charge in [-0.15, -0.1) is 5.10 Å². The molecule has 7 nitrogen and oxygen atoms in total. The first kappa shape index (κ1) is 17.5. The summed E-state index contributed by atoms with van der Waals surface area (Å²) < 4.78 is 1.85. The molecule has 0 bridgehead atoms. The van der Waals surface area contributed by atoms with Crippen LogP contribution in [0.15, 0.2) is 30.7 Å². The molecule has 0 saturated carbocycles. The zero-order chi connectivity index (χ0) is 17.6. The van der Waals surface area contributed by atoms with Gasteiger partial charge in [-0.3, -0.25) is 14.7 Å². The van der Waals surface area contributed by atoms with Gasteiger partial charge in [0.1, 0.15) is 0 Å². The number of piperidine rings is 1.